The van der Waals surface area contributed by atoms with E-state index in [4.69, 9.17) is 31.8 Å². The molecule has 15 nitrogen and oxygen atoms in total. The number of nitrogens with two attached hydrogens (primary N) is 1. The summed E-state index contributed by atoms with van der Waals surface area (Å²) in [6, 6.07) is 23.1. The molecule has 71 heavy (non-hydrogen) atoms. The molecule has 2 saturated heterocycles. The first kappa shape index (κ1) is 47.6. The summed E-state index contributed by atoms with van der Waals surface area (Å²) >= 11 is 6.70. The Morgan fingerprint density at radius 3 is 2.37 bits per heavy atom. The van der Waals surface area contributed by atoms with Crippen LogP contribution in [0.1, 0.15) is 79.3 Å². The van der Waals surface area contributed by atoms with Crippen LogP contribution in [0.5, 0.6) is 11.5 Å². The number of ether oxygens (including phenoxy) is 2. The number of aromatic nitrogens is 3. The Hall–Kier alpha value is -7.11. The standard InChI is InChI=1S/C53H54ClF2N9O6/c1-29-44-41(26-38(55)47(54)46(44)45-37(49(57)67)16-17-40(70-3)48(45)56)71-53(29,33-7-5-4-6-8-33)28-59-34-13-9-30(10-14-34)51(68)64-22-19-35(20-23-64)60-42-18-12-32(27-58-42)31-11-15-36-39(25-31)63(2)62-50(36)65-24-21-43(66)61-52(65)69/h4-8,11-12,15-18,25-27,29-30,34-35,59H,9-10,13-14,19-24,28H2,1-3H3,(H2,57,67)(H,58,60)(H,61,66,69)/t29-,30?,34?,53-/m0/s1. The lowest BCUT2D eigenvalue weighted by molar-refractivity contribution is -0.137. The number of carbonyl (C=O) groups is 4. The molecular weight excluding hydrogens is 932 g/mol. The zero-order valence-electron chi connectivity index (χ0n) is 39.6. The quantitative estimate of drug-likeness (QED) is 0.0928. The number of primary amides is 1. The maximum Gasteiger partial charge on any atom is 0.329 e. The largest absolute Gasteiger partial charge is 0.494 e. The predicted octanol–water partition coefficient (Wildman–Crippen LogP) is 8.43. The smallest absolute Gasteiger partial charge is 0.329 e. The van der Waals surface area contributed by atoms with Crippen molar-refractivity contribution in [3.8, 4) is 33.8 Å². The molecule has 0 bridgehead atoms. The normalized spacial score (nSPS) is 21.5. The van der Waals surface area contributed by atoms with E-state index in [1.54, 1.807) is 4.68 Å². The average Bonchev–Trinajstić information content (AvgIpc) is 3.86. The van der Waals surface area contributed by atoms with Crippen LogP contribution in [0, 0.1) is 17.6 Å². The summed E-state index contributed by atoms with van der Waals surface area (Å²) in [5, 5.41) is 14.7. The highest BCUT2D eigenvalue weighted by Crippen LogP contribution is 2.56. The summed E-state index contributed by atoms with van der Waals surface area (Å²) in [5.74, 6) is -2.06. The molecule has 5 amide bonds. The van der Waals surface area contributed by atoms with Gasteiger partial charge in [0.25, 0.3) is 0 Å². The fourth-order valence-corrected chi connectivity index (χ4v) is 11.2. The van der Waals surface area contributed by atoms with Gasteiger partial charge in [-0.3, -0.25) is 29.3 Å². The minimum Gasteiger partial charge on any atom is -0.494 e. The van der Waals surface area contributed by atoms with Crippen molar-refractivity contribution in [2.24, 2.45) is 18.7 Å². The highest BCUT2D eigenvalue weighted by Gasteiger charge is 2.50. The summed E-state index contributed by atoms with van der Waals surface area (Å²) < 4.78 is 45.8. The van der Waals surface area contributed by atoms with Crippen LogP contribution in [0.15, 0.2) is 85.1 Å². The molecule has 1 saturated carbocycles. The number of amides is 5. The Morgan fingerprint density at radius 2 is 1.68 bits per heavy atom. The van der Waals surface area contributed by atoms with Crippen molar-refractivity contribution in [2.75, 3.05) is 43.5 Å². The second-order valence-corrected chi connectivity index (χ2v) is 19.3. The number of aryl methyl sites for hydroxylation is 1. The van der Waals surface area contributed by atoms with Gasteiger partial charge in [0, 0.05) is 103 Å². The number of nitrogens with zero attached hydrogens (tertiary/aromatic N) is 5. The molecule has 0 radical (unpaired) electrons. The third kappa shape index (κ3) is 8.79. The fourth-order valence-electron chi connectivity index (χ4n) is 11.0. The molecule has 0 unspecified atom stereocenters. The number of rotatable bonds is 12. The molecule has 4 aromatic carbocycles. The van der Waals surface area contributed by atoms with Crippen molar-refractivity contribution in [3.05, 3.63) is 118 Å². The van der Waals surface area contributed by atoms with Gasteiger partial charge in [-0.05, 0) is 86.1 Å². The Kier molecular flexibility index (Phi) is 12.9. The average molecular weight is 987 g/mol. The van der Waals surface area contributed by atoms with Crippen LogP contribution < -0.4 is 36.1 Å². The van der Waals surface area contributed by atoms with Gasteiger partial charge in [-0.1, -0.05) is 54.9 Å². The second-order valence-electron chi connectivity index (χ2n) is 18.9. The van der Waals surface area contributed by atoms with E-state index >= 15 is 8.78 Å². The third-order valence-electron chi connectivity index (χ3n) is 14.9. The number of hydrogen-bond acceptors (Lipinski definition) is 10. The van der Waals surface area contributed by atoms with Crippen LogP contribution in [0.25, 0.3) is 33.2 Å². The highest BCUT2D eigenvalue weighted by molar-refractivity contribution is 6.34. The summed E-state index contributed by atoms with van der Waals surface area (Å²) in [5.41, 5.74) is 8.20. The van der Waals surface area contributed by atoms with E-state index in [-0.39, 0.29) is 76.0 Å². The number of carbonyl (C=O) groups excluding carboxylic acids is 4. The lowest BCUT2D eigenvalue weighted by Crippen LogP contribution is -2.49. The first-order chi connectivity index (χ1) is 34.2. The van der Waals surface area contributed by atoms with Crippen LogP contribution in [0.4, 0.5) is 25.2 Å². The second kappa shape index (κ2) is 19.2. The lowest BCUT2D eigenvalue weighted by Gasteiger charge is -2.38. The molecule has 368 valence electrons. The number of benzene rings is 4. The number of urea groups is 1. The van der Waals surface area contributed by atoms with Crippen molar-refractivity contribution in [1.29, 1.82) is 0 Å². The predicted molar refractivity (Wildman–Crippen MR) is 265 cm³/mol. The molecular formula is C53H54ClF2N9O6. The maximum absolute atomic E-state index is 16.2. The number of fused-ring (bicyclic) bond motifs is 2. The number of methoxy groups -OCH3 is 1. The van der Waals surface area contributed by atoms with Crippen LogP contribution in [-0.4, -0.2) is 88.8 Å². The van der Waals surface area contributed by atoms with Crippen molar-refractivity contribution >= 4 is 57.9 Å². The number of halogens is 3. The number of piperidine rings is 1. The first-order valence-corrected chi connectivity index (χ1v) is 24.4. The van der Waals surface area contributed by atoms with Gasteiger partial charge >= 0.3 is 6.03 Å². The zero-order chi connectivity index (χ0) is 49.7. The minimum absolute atomic E-state index is 0.0111. The van der Waals surface area contributed by atoms with E-state index in [1.807, 2.05) is 85.7 Å². The van der Waals surface area contributed by atoms with Crippen molar-refractivity contribution < 1.29 is 37.4 Å². The molecule has 2 atom stereocenters. The van der Waals surface area contributed by atoms with Crippen molar-refractivity contribution in [1.82, 2.24) is 30.3 Å². The molecule has 10 rings (SSSR count). The number of imide groups is 1. The van der Waals surface area contributed by atoms with Gasteiger partial charge in [-0.2, -0.15) is 5.10 Å². The Bertz CT molecular complexity index is 3070. The van der Waals surface area contributed by atoms with Gasteiger partial charge in [-0.25, -0.2) is 18.6 Å². The molecule has 3 aliphatic heterocycles. The summed E-state index contributed by atoms with van der Waals surface area (Å²) in [7, 11) is 3.12. The molecule has 0 spiro atoms. The number of likely N-dealkylation sites (tertiary alicyclic amines) is 1. The summed E-state index contributed by atoms with van der Waals surface area (Å²) in [6.07, 6.45) is 6.62. The Morgan fingerprint density at radius 1 is 0.930 bits per heavy atom. The fraction of sp³-hybridized carbons (Fsp3) is 0.358. The van der Waals surface area contributed by atoms with E-state index in [1.165, 1.54) is 30.2 Å². The number of hydrogen-bond donors (Lipinski definition) is 4. The first-order valence-electron chi connectivity index (χ1n) is 24.0. The molecule has 5 N–H and O–H groups in total. The van der Waals surface area contributed by atoms with Crippen LogP contribution >= 0.6 is 11.6 Å². The van der Waals surface area contributed by atoms with E-state index in [9.17, 15) is 19.2 Å². The SMILES string of the molecule is COc1ccc(C(N)=O)c(-c2c(Cl)c(F)cc3c2[C@H](C)[C@@](CNC2CCC(C(=O)N4CCC(Nc5ccc(-c6ccc7c(N8CCC(=O)NC8=O)nn(C)c7c6)cn5)CC4)CC2)(c2ccccc2)O3)c1F. The number of pyridine rings is 1. The zero-order valence-corrected chi connectivity index (χ0v) is 40.3. The van der Waals surface area contributed by atoms with E-state index in [2.05, 4.69) is 21.0 Å². The molecule has 5 heterocycles. The third-order valence-corrected chi connectivity index (χ3v) is 15.2. The van der Waals surface area contributed by atoms with Crippen molar-refractivity contribution in [3.63, 3.8) is 0 Å². The van der Waals surface area contributed by atoms with E-state index < -0.39 is 35.1 Å². The van der Waals surface area contributed by atoms with E-state index in [0.29, 0.717) is 31.0 Å². The van der Waals surface area contributed by atoms with Gasteiger partial charge in [0.05, 0.1) is 23.2 Å². The molecule has 2 aromatic heterocycles. The van der Waals surface area contributed by atoms with Gasteiger partial charge in [-0.15, -0.1) is 0 Å². The molecule has 1 aliphatic carbocycles. The van der Waals surface area contributed by atoms with Gasteiger partial charge in [0.1, 0.15) is 17.4 Å². The minimum atomic E-state index is -1.08. The van der Waals surface area contributed by atoms with Gasteiger partial charge in [0.2, 0.25) is 17.7 Å². The highest BCUT2D eigenvalue weighted by atomic mass is 35.5. The van der Waals surface area contributed by atoms with Gasteiger partial charge < -0.3 is 30.7 Å². The number of nitrogens with one attached hydrogen (secondary N) is 3. The monoisotopic (exact) mass is 985 g/mol. The van der Waals surface area contributed by atoms with Crippen LogP contribution in [0.2, 0.25) is 5.02 Å². The van der Waals surface area contributed by atoms with Crippen LogP contribution in [0.3, 0.4) is 0 Å². The van der Waals surface area contributed by atoms with E-state index in [0.717, 1.165) is 71.9 Å². The topological polar surface area (TPSA) is 186 Å². The lowest BCUT2D eigenvalue weighted by atomic mass is 9.77. The Labute approximate surface area is 414 Å². The molecule has 4 aliphatic rings. The summed E-state index contributed by atoms with van der Waals surface area (Å²) in [4.78, 5) is 59.1. The van der Waals surface area contributed by atoms with Crippen LogP contribution in [-0.2, 0) is 22.2 Å². The maximum atomic E-state index is 16.2. The van der Waals surface area contributed by atoms with Gasteiger partial charge in [0.15, 0.2) is 23.0 Å². The van der Waals surface area contributed by atoms with Crippen molar-refractivity contribution in [2.45, 2.75) is 75.5 Å². The summed E-state index contributed by atoms with van der Waals surface area (Å²) in [6.45, 7) is 3.81. The molecule has 18 heteroatoms. The Balaban J connectivity index is 0.752. The molecule has 3 fully saturated rings. The molecule has 6 aromatic rings. The number of anilines is 2.